The first-order valence-electron chi connectivity index (χ1n) is 3.86. The van der Waals surface area contributed by atoms with Crippen molar-refractivity contribution in [3.63, 3.8) is 0 Å². The van der Waals surface area contributed by atoms with Crippen molar-refractivity contribution in [2.45, 2.75) is 6.42 Å². The second-order valence-electron chi connectivity index (χ2n) is 3.10. The molecule has 2 atom stereocenters. The average Bonchev–Trinajstić information content (AvgIpc) is 2.34. The molecule has 2 rings (SSSR count). The van der Waals surface area contributed by atoms with E-state index in [9.17, 15) is 4.79 Å². The predicted octanol–water partition coefficient (Wildman–Crippen LogP) is -0.658. The fourth-order valence-electron chi connectivity index (χ4n) is 1.83. The molecule has 0 bridgehead atoms. The van der Waals surface area contributed by atoms with Gasteiger partial charge in [-0.3, -0.25) is 4.79 Å². The first-order chi connectivity index (χ1) is 4.88. The predicted molar refractivity (Wildman–Crippen MR) is 37.5 cm³/mol. The molecule has 0 radical (unpaired) electrons. The molecule has 0 aromatic carbocycles. The van der Waals surface area contributed by atoms with Gasteiger partial charge in [0.1, 0.15) is 0 Å². The van der Waals surface area contributed by atoms with E-state index in [-0.39, 0.29) is 11.8 Å². The normalized spacial score (nSPS) is 39.0. The summed E-state index contributed by atoms with van der Waals surface area (Å²) in [6.45, 7) is 2.87. The Balaban J connectivity index is 2.08. The number of hydrogen-bond acceptors (Lipinski definition) is 2. The van der Waals surface area contributed by atoms with Crippen LogP contribution >= 0.6 is 0 Å². The van der Waals surface area contributed by atoms with Gasteiger partial charge < -0.3 is 10.6 Å². The molecule has 2 N–H and O–H groups in total. The maximum absolute atomic E-state index is 11.1. The standard InChI is InChI=1S/C7H12N2O/c10-7-6-4-8-2-1-5(6)3-9-7/h5-6,8H,1-4H2,(H,9,10)/t5-,6-/m1/s1. The summed E-state index contributed by atoms with van der Waals surface area (Å²) in [7, 11) is 0. The molecule has 2 aliphatic heterocycles. The Bertz CT molecular complexity index is 158. The minimum Gasteiger partial charge on any atom is -0.356 e. The van der Waals surface area contributed by atoms with Crippen LogP contribution in [0.4, 0.5) is 0 Å². The fourth-order valence-corrected chi connectivity index (χ4v) is 1.83. The summed E-state index contributed by atoms with van der Waals surface area (Å²) in [6.07, 6.45) is 1.16. The second-order valence-corrected chi connectivity index (χ2v) is 3.10. The molecule has 2 heterocycles. The van der Waals surface area contributed by atoms with Crippen LogP contribution in [0.1, 0.15) is 6.42 Å². The van der Waals surface area contributed by atoms with Crippen LogP contribution in [-0.4, -0.2) is 25.5 Å². The molecule has 1 amide bonds. The van der Waals surface area contributed by atoms with Gasteiger partial charge in [-0.15, -0.1) is 0 Å². The first-order valence-corrected chi connectivity index (χ1v) is 3.86. The van der Waals surface area contributed by atoms with Crippen molar-refractivity contribution in [2.24, 2.45) is 11.8 Å². The Morgan fingerprint density at radius 2 is 2.30 bits per heavy atom. The smallest absolute Gasteiger partial charge is 0.224 e. The van der Waals surface area contributed by atoms with E-state index in [0.717, 1.165) is 26.1 Å². The third kappa shape index (κ3) is 0.814. The zero-order valence-electron chi connectivity index (χ0n) is 5.89. The topological polar surface area (TPSA) is 41.1 Å². The summed E-state index contributed by atoms with van der Waals surface area (Å²) in [5.41, 5.74) is 0. The Morgan fingerprint density at radius 3 is 3.10 bits per heavy atom. The molecule has 56 valence electrons. The number of fused-ring (bicyclic) bond motifs is 1. The van der Waals surface area contributed by atoms with Crippen molar-refractivity contribution >= 4 is 5.91 Å². The van der Waals surface area contributed by atoms with Crippen LogP contribution in [0.2, 0.25) is 0 Å². The maximum Gasteiger partial charge on any atom is 0.224 e. The minimum atomic E-state index is 0.247. The Morgan fingerprint density at radius 1 is 1.40 bits per heavy atom. The van der Waals surface area contributed by atoms with Crippen LogP contribution in [0.5, 0.6) is 0 Å². The van der Waals surface area contributed by atoms with Crippen LogP contribution in [0.25, 0.3) is 0 Å². The quantitative estimate of drug-likeness (QED) is 0.469. The zero-order valence-corrected chi connectivity index (χ0v) is 5.89. The molecule has 0 spiro atoms. The van der Waals surface area contributed by atoms with Crippen molar-refractivity contribution in [1.82, 2.24) is 10.6 Å². The molecular formula is C7H12N2O. The number of piperidine rings is 1. The van der Waals surface area contributed by atoms with Crippen molar-refractivity contribution in [3.8, 4) is 0 Å². The summed E-state index contributed by atoms with van der Waals surface area (Å²) < 4.78 is 0. The van der Waals surface area contributed by atoms with Crippen LogP contribution < -0.4 is 10.6 Å². The van der Waals surface area contributed by atoms with Gasteiger partial charge in [0.25, 0.3) is 0 Å². The SMILES string of the molecule is O=C1NC[C@H]2CCNC[C@@H]12. The summed E-state index contributed by atoms with van der Waals surface area (Å²) in [5, 5.41) is 6.11. The van der Waals surface area contributed by atoms with Gasteiger partial charge in [0, 0.05) is 13.1 Å². The van der Waals surface area contributed by atoms with Gasteiger partial charge in [0.15, 0.2) is 0 Å². The van der Waals surface area contributed by atoms with E-state index in [0.29, 0.717) is 5.92 Å². The molecule has 0 aromatic rings. The number of hydrogen-bond donors (Lipinski definition) is 2. The van der Waals surface area contributed by atoms with Gasteiger partial charge in [0.05, 0.1) is 5.92 Å². The van der Waals surface area contributed by atoms with Crippen LogP contribution in [0, 0.1) is 11.8 Å². The van der Waals surface area contributed by atoms with E-state index in [2.05, 4.69) is 10.6 Å². The molecule has 0 aromatic heterocycles. The molecule has 10 heavy (non-hydrogen) atoms. The largest absolute Gasteiger partial charge is 0.356 e. The lowest BCUT2D eigenvalue weighted by Gasteiger charge is -2.22. The van der Waals surface area contributed by atoms with Crippen LogP contribution in [0.15, 0.2) is 0 Å². The van der Waals surface area contributed by atoms with Crippen molar-refractivity contribution in [3.05, 3.63) is 0 Å². The van der Waals surface area contributed by atoms with Crippen molar-refractivity contribution in [1.29, 1.82) is 0 Å². The highest BCUT2D eigenvalue weighted by atomic mass is 16.2. The second kappa shape index (κ2) is 2.23. The number of rotatable bonds is 0. The Kier molecular flexibility index (Phi) is 1.38. The minimum absolute atomic E-state index is 0.247. The number of carbonyl (C=O) groups excluding carboxylic acids is 1. The van der Waals surface area contributed by atoms with E-state index in [1.807, 2.05) is 0 Å². The molecular weight excluding hydrogens is 128 g/mol. The van der Waals surface area contributed by atoms with Gasteiger partial charge >= 0.3 is 0 Å². The van der Waals surface area contributed by atoms with E-state index in [1.54, 1.807) is 0 Å². The highest BCUT2D eigenvalue weighted by molar-refractivity contribution is 5.81. The third-order valence-electron chi connectivity index (χ3n) is 2.50. The average molecular weight is 140 g/mol. The first kappa shape index (κ1) is 6.16. The fraction of sp³-hybridized carbons (Fsp3) is 0.857. The number of nitrogens with one attached hydrogen (secondary N) is 2. The van der Waals surface area contributed by atoms with E-state index >= 15 is 0 Å². The molecule has 0 saturated carbocycles. The van der Waals surface area contributed by atoms with Crippen LogP contribution in [-0.2, 0) is 4.79 Å². The molecule has 2 saturated heterocycles. The number of amides is 1. The highest BCUT2D eigenvalue weighted by Crippen LogP contribution is 2.22. The lowest BCUT2D eigenvalue weighted by atomic mass is 9.89. The summed E-state index contributed by atoms with van der Waals surface area (Å²) in [6, 6.07) is 0. The Hall–Kier alpha value is -0.570. The molecule has 2 aliphatic rings. The summed E-state index contributed by atoms with van der Waals surface area (Å²) >= 11 is 0. The zero-order chi connectivity index (χ0) is 6.97. The molecule has 3 heteroatoms. The summed E-state index contributed by atoms with van der Waals surface area (Å²) in [4.78, 5) is 11.1. The lowest BCUT2D eigenvalue weighted by Crippen LogP contribution is -2.37. The van der Waals surface area contributed by atoms with Crippen molar-refractivity contribution in [2.75, 3.05) is 19.6 Å². The maximum atomic E-state index is 11.1. The van der Waals surface area contributed by atoms with Crippen LogP contribution in [0.3, 0.4) is 0 Å². The van der Waals surface area contributed by atoms with Gasteiger partial charge in [-0.1, -0.05) is 0 Å². The number of carbonyl (C=O) groups is 1. The molecule has 0 aliphatic carbocycles. The third-order valence-corrected chi connectivity index (χ3v) is 2.50. The van der Waals surface area contributed by atoms with Crippen molar-refractivity contribution < 1.29 is 4.79 Å². The van der Waals surface area contributed by atoms with Gasteiger partial charge in [0.2, 0.25) is 5.91 Å². The molecule has 2 fully saturated rings. The molecule has 0 unspecified atom stereocenters. The van der Waals surface area contributed by atoms with E-state index < -0.39 is 0 Å². The van der Waals surface area contributed by atoms with Gasteiger partial charge in [-0.2, -0.15) is 0 Å². The highest BCUT2D eigenvalue weighted by Gasteiger charge is 2.35. The summed E-state index contributed by atoms with van der Waals surface area (Å²) in [5.74, 6) is 1.14. The molecule has 3 nitrogen and oxygen atoms in total. The van der Waals surface area contributed by atoms with Gasteiger partial charge in [-0.25, -0.2) is 0 Å². The van der Waals surface area contributed by atoms with Gasteiger partial charge in [-0.05, 0) is 18.9 Å². The van der Waals surface area contributed by atoms with E-state index in [4.69, 9.17) is 0 Å². The monoisotopic (exact) mass is 140 g/mol. The lowest BCUT2D eigenvalue weighted by molar-refractivity contribution is -0.123. The van der Waals surface area contributed by atoms with E-state index in [1.165, 1.54) is 0 Å². The Labute approximate surface area is 60.2 Å².